The van der Waals surface area contributed by atoms with Crippen molar-refractivity contribution in [2.75, 3.05) is 11.9 Å². The van der Waals surface area contributed by atoms with Gasteiger partial charge in [-0.15, -0.1) is 0 Å². The topological polar surface area (TPSA) is 99.1 Å². The van der Waals surface area contributed by atoms with E-state index < -0.39 is 57.7 Å². The van der Waals surface area contributed by atoms with Gasteiger partial charge in [0, 0.05) is 6.07 Å². The van der Waals surface area contributed by atoms with Gasteiger partial charge in [0.25, 0.3) is 0 Å². The Labute approximate surface area is 159 Å². The van der Waals surface area contributed by atoms with E-state index >= 15 is 0 Å². The summed E-state index contributed by atoms with van der Waals surface area (Å²) in [5.41, 5.74) is -3.11. The molecule has 1 aliphatic rings. The third kappa shape index (κ3) is 4.66. The maximum atomic E-state index is 13.9. The first-order valence-electron chi connectivity index (χ1n) is 8.08. The Balaban J connectivity index is 2.30. The Kier molecular flexibility index (Phi) is 5.70. The summed E-state index contributed by atoms with van der Waals surface area (Å²) in [6.07, 6.45) is -2.60. The number of rotatable bonds is 2. The summed E-state index contributed by atoms with van der Waals surface area (Å²) >= 11 is 5.59. The van der Waals surface area contributed by atoms with Crippen LogP contribution in [0.4, 0.5) is 19.3 Å². The maximum absolute atomic E-state index is 13.9. The third-order valence-electron chi connectivity index (χ3n) is 3.93. The normalized spacial score (nSPS) is 25.4. The number of anilines is 1. The zero-order chi connectivity index (χ0) is 20.7. The van der Waals surface area contributed by atoms with Gasteiger partial charge in [0.15, 0.2) is 0 Å². The van der Waals surface area contributed by atoms with Gasteiger partial charge in [-0.25, -0.2) is 13.6 Å². The number of ether oxygens (including phenoxy) is 1. The first-order valence-corrected chi connectivity index (χ1v) is 8.46. The lowest BCUT2D eigenvalue weighted by atomic mass is 9.98. The Morgan fingerprint density at radius 1 is 1.33 bits per heavy atom. The molecule has 3 N–H and O–H groups in total. The number of aliphatic hydroxyl groups excluding tert-OH is 1. The van der Waals surface area contributed by atoms with Gasteiger partial charge in [-0.3, -0.25) is 9.69 Å². The van der Waals surface area contributed by atoms with Crippen LogP contribution in [0.25, 0.3) is 0 Å². The molecule has 2 unspecified atom stereocenters. The fourth-order valence-electron chi connectivity index (χ4n) is 2.66. The molecule has 0 aliphatic carbocycles. The number of carbonyl (C=O) groups is 2. The zero-order valence-corrected chi connectivity index (χ0v) is 16.0. The van der Waals surface area contributed by atoms with Crippen molar-refractivity contribution in [3.63, 3.8) is 0 Å². The molecule has 3 atom stereocenters. The van der Waals surface area contributed by atoms with Crippen LogP contribution in [0.3, 0.4) is 0 Å². The van der Waals surface area contributed by atoms with Crippen molar-refractivity contribution >= 4 is 29.3 Å². The number of nitrogens with zero attached hydrogens (tertiary/aromatic N) is 1. The van der Waals surface area contributed by atoms with Gasteiger partial charge < -0.3 is 20.3 Å². The number of hydrogen-bond donors (Lipinski definition) is 3. The minimum absolute atomic E-state index is 0.381. The molecule has 2 amide bonds. The Hall–Kier alpha value is -1.97. The predicted molar refractivity (Wildman–Crippen MR) is 93.4 cm³/mol. The van der Waals surface area contributed by atoms with Crippen molar-refractivity contribution in [2.24, 2.45) is 0 Å². The van der Waals surface area contributed by atoms with Crippen LogP contribution in [-0.4, -0.2) is 57.0 Å². The van der Waals surface area contributed by atoms with Crippen LogP contribution in [-0.2, 0) is 9.53 Å². The fourth-order valence-corrected chi connectivity index (χ4v) is 2.82. The lowest BCUT2D eigenvalue weighted by Crippen LogP contribution is -2.50. The van der Waals surface area contributed by atoms with Crippen molar-refractivity contribution in [1.82, 2.24) is 4.90 Å². The summed E-state index contributed by atoms with van der Waals surface area (Å²) in [5, 5.41) is 22.3. The average molecular weight is 407 g/mol. The van der Waals surface area contributed by atoms with E-state index in [4.69, 9.17) is 16.3 Å². The molecular formula is C17H21ClF2N2O5. The second kappa shape index (κ2) is 7.21. The number of carbonyl (C=O) groups excluding carboxylic acids is 2. The van der Waals surface area contributed by atoms with Crippen molar-refractivity contribution in [3.05, 3.63) is 28.8 Å². The lowest BCUT2D eigenvalue weighted by Gasteiger charge is -2.28. The molecule has 1 heterocycles. The molecule has 1 aromatic carbocycles. The minimum Gasteiger partial charge on any atom is -0.444 e. The van der Waals surface area contributed by atoms with E-state index in [1.54, 1.807) is 20.8 Å². The number of aliphatic hydroxyl groups is 2. The van der Waals surface area contributed by atoms with Gasteiger partial charge in [-0.05, 0) is 33.8 Å². The largest absolute Gasteiger partial charge is 0.444 e. The van der Waals surface area contributed by atoms with Gasteiger partial charge in [-0.1, -0.05) is 11.6 Å². The highest BCUT2D eigenvalue weighted by molar-refractivity contribution is 6.31. The third-order valence-corrected chi connectivity index (χ3v) is 4.22. The van der Waals surface area contributed by atoms with E-state index in [-0.39, 0.29) is 6.54 Å². The molecule has 1 fully saturated rings. The molecule has 0 spiro atoms. The van der Waals surface area contributed by atoms with E-state index in [9.17, 15) is 28.6 Å². The summed E-state index contributed by atoms with van der Waals surface area (Å²) in [5.74, 6) is -3.09. The highest BCUT2D eigenvalue weighted by Gasteiger charge is 2.54. The highest BCUT2D eigenvalue weighted by atomic mass is 35.5. The smallest absolute Gasteiger partial charge is 0.411 e. The number of likely N-dealkylation sites (tertiary alicyclic amines) is 1. The molecule has 0 bridgehead atoms. The molecule has 2 rings (SSSR count). The van der Waals surface area contributed by atoms with Crippen LogP contribution < -0.4 is 5.32 Å². The van der Waals surface area contributed by atoms with E-state index in [2.05, 4.69) is 5.32 Å². The van der Waals surface area contributed by atoms with Crippen LogP contribution in [0.5, 0.6) is 0 Å². The Bertz CT molecular complexity index is 766. The number of benzene rings is 1. The fraction of sp³-hybridized carbons (Fsp3) is 0.529. The zero-order valence-electron chi connectivity index (χ0n) is 15.2. The summed E-state index contributed by atoms with van der Waals surface area (Å²) in [7, 11) is 0. The number of amides is 2. The van der Waals surface area contributed by atoms with Crippen molar-refractivity contribution in [1.29, 1.82) is 0 Å². The predicted octanol–water partition coefficient (Wildman–Crippen LogP) is 2.29. The van der Waals surface area contributed by atoms with Crippen molar-refractivity contribution in [2.45, 2.75) is 51.0 Å². The van der Waals surface area contributed by atoms with Gasteiger partial charge in [0.1, 0.15) is 35.0 Å². The molecule has 0 radical (unpaired) electrons. The molecular weight excluding hydrogens is 386 g/mol. The van der Waals surface area contributed by atoms with E-state index in [1.165, 1.54) is 6.92 Å². The molecule has 1 aliphatic heterocycles. The van der Waals surface area contributed by atoms with Gasteiger partial charge in [-0.2, -0.15) is 0 Å². The average Bonchev–Trinajstić information content (AvgIpc) is 2.74. The van der Waals surface area contributed by atoms with Crippen LogP contribution in [0, 0.1) is 11.6 Å². The molecule has 10 heteroatoms. The minimum atomic E-state index is -1.79. The number of halogens is 3. The quantitative estimate of drug-likeness (QED) is 0.654. The Morgan fingerprint density at radius 2 is 1.93 bits per heavy atom. The number of hydrogen-bond acceptors (Lipinski definition) is 5. The molecule has 0 saturated carbocycles. The monoisotopic (exact) mass is 406 g/mol. The number of nitrogens with one attached hydrogen (secondary N) is 1. The van der Waals surface area contributed by atoms with Gasteiger partial charge in [0.05, 0.1) is 17.3 Å². The first kappa shape index (κ1) is 21.3. The Morgan fingerprint density at radius 3 is 2.48 bits per heavy atom. The molecule has 7 nitrogen and oxygen atoms in total. The van der Waals surface area contributed by atoms with E-state index in [0.29, 0.717) is 6.07 Å². The highest BCUT2D eigenvalue weighted by Crippen LogP contribution is 2.31. The van der Waals surface area contributed by atoms with Crippen LogP contribution in [0.15, 0.2) is 12.1 Å². The van der Waals surface area contributed by atoms with Crippen LogP contribution in [0.2, 0.25) is 5.02 Å². The molecule has 0 aromatic heterocycles. The van der Waals surface area contributed by atoms with Gasteiger partial charge >= 0.3 is 6.09 Å². The van der Waals surface area contributed by atoms with Crippen molar-refractivity contribution in [3.8, 4) is 0 Å². The molecule has 27 heavy (non-hydrogen) atoms. The lowest BCUT2D eigenvalue weighted by molar-refractivity contribution is -0.124. The maximum Gasteiger partial charge on any atom is 0.411 e. The molecule has 1 saturated heterocycles. The SMILES string of the molecule is CC(C)(C)OC(=O)N1CC(C)(O)C(O)[C@H]1C(=O)Nc1cc(Cl)c(F)cc1F. The van der Waals surface area contributed by atoms with E-state index in [1.807, 2.05) is 0 Å². The molecule has 1 aromatic rings. The summed E-state index contributed by atoms with van der Waals surface area (Å²) in [4.78, 5) is 25.8. The standard InChI is InChI=1S/C17H21ClF2N2O5/c1-16(2,3)27-15(25)22-7-17(4,26)13(23)12(22)14(24)21-11-5-8(18)9(19)6-10(11)20/h5-6,12-13,23,26H,7H2,1-4H3,(H,21,24)/t12-,13?,17?/m0/s1. The summed E-state index contributed by atoms with van der Waals surface area (Å²) in [6, 6.07) is -0.204. The van der Waals surface area contributed by atoms with Gasteiger partial charge in [0.2, 0.25) is 5.91 Å². The van der Waals surface area contributed by atoms with Crippen LogP contribution in [0.1, 0.15) is 27.7 Å². The second-order valence-corrected chi connectivity index (χ2v) is 8.00. The summed E-state index contributed by atoms with van der Waals surface area (Å²) in [6.45, 7) is 5.70. The second-order valence-electron chi connectivity index (χ2n) is 7.59. The molecule has 150 valence electrons. The number of β-amino-alcohol motifs (C(OH)–C–C–N with tert-alkyl or cyclic N) is 1. The summed E-state index contributed by atoms with van der Waals surface area (Å²) < 4.78 is 32.3. The van der Waals surface area contributed by atoms with Crippen LogP contribution >= 0.6 is 11.6 Å². The van der Waals surface area contributed by atoms with Crippen molar-refractivity contribution < 1.29 is 33.3 Å². The van der Waals surface area contributed by atoms with E-state index in [0.717, 1.165) is 11.0 Å². The first-order chi connectivity index (χ1) is 12.2.